The topological polar surface area (TPSA) is 55.6 Å². The highest BCUT2D eigenvalue weighted by atomic mass is 35.5. The predicted octanol–water partition coefficient (Wildman–Crippen LogP) is 3.29. The number of hydrogen-bond acceptors (Lipinski definition) is 3. The zero-order valence-electron chi connectivity index (χ0n) is 14.2. The second kappa shape index (κ2) is 9.78. The molecule has 0 saturated carbocycles. The summed E-state index contributed by atoms with van der Waals surface area (Å²) in [6.07, 6.45) is 3.48. The molecule has 1 heterocycles. The Morgan fingerprint density at radius 1 is 1.39 bits per heavy atom. The summed E-state index contributed by atoms with van der Waals surface area (Å²) in [5, 5.41) is 0. The van der Waals surface area contributed by atoms with Gasteiger partial charge in [0.2, 0.25) is 5.91 Å². The number of anilines is 1. The van der Waals surface area contributed by atoms with E-state index < -0.39 is 0 Å². The van der Waals surface area contributed by atoms with Gasteiger partial charge in [-0.05, 0) is 36.8 Å². The molecule has 1 aromatic carbocycles. The molecule has 23 heavy (non-hydrogen) atoms. The van der Waals surface area contributed by atoms with Crippen LogP contribution in [0.3, 0.4) is 0 Å². The molecular weight excluding hydrogens is 312 g/mol. The molecule has 0 bridgehead atoms. The van der Waals surface area contributed by atoms with E-state index >= 15 is 0 Å². The quantitative estimate of drug-likeness (QED) is 0.775. The Hall–Kier alpha value is -1.26. The largest absolute Gasteiger partial charge is 0.399 e. The fraction of sp³-hybridized carbons (Fsp3) is 0.611. The maximum atomic E-state index is 12.3. The van der Waals surface area contributed by atoms with Gasteiger partial charge in [0.05, 0.1) is 6.10 Å². The van der Waals surface area contributed by atoms with Crippen LogP contribution in [0.25, 0.3) is 0 Å². The van der Waals surface area contributed by atoms with Gasteiger partial charge in [-0.2, -0.15) is 0 Å². The van der Waals surface area contributed by atoms with E-state index in [1.807, 2.05) is 29.2 Å². The Morgan fingerprint density at radius 2 is 2.13 bits per heavy atom. The summed E-state index contributed by atoms with van der Waals surface area (Å²) in [6, 6.07) is 7.75. The Morgan fingerprint density at radius 3 is 2.83 bits per heavy atom. The van der Waals surface area contributed by atoms with Gasteiger partial charge in [0.15, 0.2) is 0 Å². The van der Waals surface area contributed by atoms with Crippen LogP contribution in [0, 0.1) is 5.92 Å². The number of halogens is 1. The molecule has 1 amide bonds. The lowest BCUT2D eigenvalue weighted by Crippen LogP contribution is -2.30. The molecule has 1 aliphatic heterocycles. The van der Waals surface area contributed by atoms with Crippen molar-refractivity contribution in [3.05, 3.63) is 29.8 Å². The fourth-order valence-electron chi connectivity index (χ4n) is 2.72. The predicted molar refractivity (Wildman–Crippen MR) is 96.8 cm³/mol. The van der Waals surface area contributed by atoms with E-state index in [4.69, 9.17) is 10.5 Å². The van der Waals surface area contributed by atoms with Crippen molar-refractivity contribution in [2.45, 2.75) is 45.6 Å². The fourth-order valence-corrected chi connectivity index (χ4v) is 2.72. The number of nitrogens with two attached hydrogens (primary N) is 1. The molecule has 130 valence electrons. The molecule has 1 saturated heterocycles. The average Bonchev–Trinajstić information content (AvgIpc) is 2.94. The third-order valence-electron chi connectivity index (χ3n) is 4.21. The number of benzene rings is 1. The maximum absolute atomic E-state index is 12.3. The van der Waals surface area contributed by atoms with E-state index in [1.54, 1.807) is 0 Å². The molecule has 1 aromatic rings. The van der Waals surface area contributed by atoms with Gasteiger partial charge in [-0.1, -0.05) is 32.0 Å². The number of aryl methyl sites for hydroxylation is 1. The number of nitrogens with zero attached hydrogens (tertiary/aromatic N) is 1. The zero-order valence-corrected chi connectivity index (χ0v) is 15.0. The van der Waals surface area contributed by atoms with Gasteiger partial charge in [0, 0.05) is 31.8 Å². The first-order valence-electron chi connectivity index (χ1n) is 8.29. The standard InChI is InChI=1S/C18H28N2O2.ClH/c1-14(2)10-12-22-16-9-11-20(13-16)18(21)8-7-15-5-3-4-6-17(15)19;/h3-6,14,16H,7-13,19H2,1-2H3;1H. The van der Waals surface area contributed by atoms with Crippen LogP contribution in [0.5, 0.6) is 0 Å². The number of likely N-dealkylation sites (tertiary alicyclic amines) is 1. The minimum Gasteiger partial charge on any atom is -0.399 e. The molecule has 0 spiro atoms. The summed E-state index contributed by atoms with van der Waals surface area (Å²) >= 11 is 0. The van der Waals surface area contributed by atoms with Gasteiger partial charge in [0.1, 0.15) is 0 Å². The van der Waals surface area contributed by atoms with E-state index in [2.05, 4.69) is 13.8 Å². The van der Waals surface area contributed by atoms with Crippen LogP contribution in [-0.4, -0.2) is 36.6 Å². The van der Waals surface area contributed by atoms with Gasteiger partial charge < -0.3 is 15.4 Å². The van der Waals surface area contributed by atoms with Crippen molar-refractivity contribution < 1.29 is 9.53 Å². The van der Waals surface area contributed by atoms with Crippen LogP contribution in [0.2, 0.25) is 0 Å². The third-order valence-corrected chi connectivity index (χ3v) is 4.21. The summed E-state index contributed by atoms with van der Waals surface area (Å²) in [5.74, 6) is 0.869. The van der Waals surface area contributed by atoms with Crippen molar-refractivity contribution in [3.8, 4) is 0 Å². The lowest BCUT2D eigenvalue weighted by Gasteiger charge is -2.17. The van der Waals surface area contributed by atoms with Crippen LogP contribution in [0.1, 0.15) is 38.7 Å². The highest BCUT2D eigenvalue weighted by molar-refractivity contribution is 5.85. The number of carbonyl (C=O) groups excluding carboxylic acids is 1. The second-order valence-electron chi connectivity index (χ2n) is 6.50. The normalized spacial score (nSPS) is 17.3. The summed E-state index contributed by atoms with van der Waals surface area (Å²) in [4.78, 5) is 14.2. The molecule has 1 unspecified atom stereocenters. The monoisotopic (exact) mass is 340 g/mol. The van der Waals surface area contributed by atoms with Gasteiger partial charge in [-0.3, -0.25) is 4.79 Å². The van der Waals surface area contributed by atoms with E-state index in [1.165, 1.54) is 0 Å². The van der Waals surface area contributed by atoms with E-state index in [0.29, 0.717) is 18.8 Å². The van der Waals surface area contributed by atoms with Crippen LogP contribution >= 0.6 is 12.4 Å². The number of nitrogen functional groups attached to an aromatic ring is 1. The molecular formula is C18H29ClN2O2. The molecule has 2 rings (SSSR count). The molecule has 4 nitrogen and oxygen atoms in total. The molecule has 1 atom stereocenters. The molecule has 1 fully saturated rings. The number of amides is 1. The van der Waals surface area contributed by atoms with Gasteiger partial charge >= 0.3 is 0 Å². The molecule has 0 radical (unpaired) electrons. The van der Waals surface area contributed by atoms with Gasteiger partial charge in [0.25, 0.3) is 0 Å². The Kier molecular flexibility index (Phi) is 8.42. The van der Waals surface area contributed by atoms with Crippen LogP contribution in [0.15, 0.2) is 24.3 Å². The Balaban J connectivity index is 0.00000264. The first-order valence-corrected chi connectivity index (χ1v) is 8.29. The maximum Gasteiger partial charge on any atom is 0.222 e. The molecule has 2 N–H and O–H groups in total. The summed E-state index contributed by atoms with van der Waals surface area (Å²) in [7, 11) is 0. The number of hydrogen-bond donors (Lipinski definition) is 1. The minimum absolute atomic E-state index is 0. The van der Waals surface area contributed by atoms with E-state index in [9.17, 15) is 4.79 Å². The van der Waals surface area contributed by atoms with E-state index in [0.717, 1.165) is 43.8 Å². The highest BCUT2D eigenvalue weighted by Crippen LogP contribution is 2.17. The van der Waals surface area contributed by atoms with Crippen molar-refractivity contribution in [2.75, 3.05) is 25.4 Å². The van der Waals surface area contributed by atoms with Crippen molar-refractivity contribution in [1.82, 2.24) is 4.90 Å². The summed E-state index contributed by atoms with van der Waals surface area (Å²) in [5.41, 5.74) is 7.74. The number of para-hydroxylation sites is 1. The zero-order chi connectivity index (χ0) is 15.9. The Labute approximate surface area is 145 Å². The molecule has 5 heteroatoms. The van der Waals surface area contributed by atoms with Crippen LogP contribution in [0.4, 0.5) is 5.69 Å². The van der Waals surface area contributed by atoms with Crippen LogP contribution in [-0.2, 0) is 16.0 Å². The minimum atomic E-state index is 0. The van der Waals surface area contributed by atoms with Crippen molar-refractivity contribution in [2.24, 2.45) is 5.92 Å². The number of carbonyl (C=O) groups is 1. The van der Waals surface area contributed by atoms with Crippen LogP contribution < -0.4 is 5.73 Å². The molecule has 0 aliphatic carbocycles. The summed E-state index contributed by atoms with van der Waals surface area (Å²) < 4.78 is 5.86. The van der Waals surface area contributed by atoms with Gasteiger partial charge in [-0.15, -0.1) is 12.4 Å². The lowest BCUT2D eigenvalue weighted by molar-refractivity contribution is -0.130. The lowest BCUT2D eigenvalue weighted by atomic mass is 10.1. The third kappa shape index (κ3) is 6.40. The van der Waals surface area contributed by atoms with E-state index in [-0.39, 0.29) is 24.4 Å². The highest BCUT2D eigenvalue weighted by Gasteiger charge is 2.26. The molecule has 0 aromatic heterocycles. The summed E-state index contributed by atoms with van der Waals surface area (Å²) in [6.45, 7) is 6.74. The first kappa shape index (κ1) is 19.8. The number of ether oxygens (including phenoxy) is 1. The first-order chi connectivity index (χ1) is 10.6. The average molecular weight is 341 g/mol. The van der Waals surface area contributed by atoms with Gasteiger partial charge in [-0.25, -0.2) is 0 Å². The Bertz CT molecular complexity index is 494. The number of rotatable bonds is 7. The second-order valence-corrected chi connectivity index (χ2v) is 6.50. The SMILES string of the molecule is CC(C)CCOC1CCN(C(=O)CCc2ccccc2N)C1.Cl. The van der Waals surface area contributed by atoms with Crippen molar-refractivity contribution in [1.29, 1.82) is 0 Å². The van der Waals surface area contributed by atoms with Crippen molar-refractivity contribution in [3.63, 3.8) is 0 Å². The van der Waals surface area contributed by atoms with Crippen molar-refractivity contribution >= 4 is 24.0 Å². The smallest absolute Gasteiger partial charge is 0.222 e. The molecule has 1 aliphatic rings.